The molecule has 0 amide bonds. The summed E-state index contributed by atoms with van der Waals surface area (Å²) in [4.78, 5) is 35.7. The Bertz CT molecular complexity index is 1060. The highest BCUT2D eigenvalue weighted by Gasteiger charge is 2.35. The van der Waals surface area contributed by atoms with E-state index in [-0.39, 0.29) is 18.2 Å². The second-order valence-electron chi connectivity index (χ2n) is 9.27. The molecule has 0 saturated carbocycles. The SMILES string of the molecule is Cl.Cn1c(=O)cnn(CCCCN2CCN(c3cc(C(F)(F)F)nc(C(C)(C)C)n3)CC2)c1=O. The number of hydrogen-bond acceptors (Lipinski definition) is 7. The minimum absolute atomic E-state index is 0. The molecule has 0 bridgehead atoms. The molecule has 13 heteroatoms. The molecule has 0 atom stereocenters. The summed E-state index contributed by atoms with van der Waals surface area (Å²) in [6, 6.07) is 1.03. The molecule has 0 radical (unpaired) electrons. The van der Waals surface area contributed by atoms with Crippen LogP contribution in [0.25, 0.3) is 0 Å². The number of aromatic nitrogens is 5. The third-order valence-corrected chi connectivity index (χ3v) is 5.61. The van der Waals surface area contributed by atoms with Crippen molar-refractivity contribution < 1.29 is 13.2 Å². The summed E-state index contributed by atoms with van der Waals surface area (Å²) in [6.07, 6.45) is -1.84. The molecule has 2 aromatic heterocycles. The quantitative estimate of drug-likeness (QED) is 0.555. The smallest absolute Gasteiger partial charge is 0.354 e. The average molecular weight is 506 g/mol. The number of halogens is 4. The molecule has 190 valence electrons. The Balaban J connectivity index is 0.00000408. The monoisotopic (exact) mass is 505 g/mol. The number of hydrogen-bond donors (Lipinski definition) is 0. The van der Waals surface area contributed by atoms with Crippen molar-refractivity contribution in [1.29, 1.82) is 0 Å². The van der Waals surface area contributed by atoms with E-state index in [1.165, 1.54) is 11.7 Å². The second kappa shape index (κ2) is 10.9. The lowest BCUT2D eigenvalue weighted by molar-refractivity contribution is -0.141. The summed E-state index contributed by atoms with van der Waals surface area (Å²) in [5.74, 6) is 0.485. The van der Waals surface area contributed by atoms with Gasteiger partial charge in [0.05, 0.1) is 0 Å². The van der Waals surface area contributed by atoms with E-state index in [1.807, 2.05) is 4.90 Å². The van der Waals surface area contributed by atoms with Crippen LogP contribution in [0.4, 0.5) is 19.0 Å². The Morgan fingerprint density at radius 1 is 0.971 bits per heavy atom. The molecule has 1 saturated heterocycles. The molecule has 0 aliphatic carbocycles. The molecular formula is C21H31ClF3N7O2. The lowest BCUT2D eigenvalue weighted by atomic mass is 9.95. The van der Waals surface area contributed by atoms with Crippen LogP contribution in [0.15, 0.2) is 21.9 Å². The first-order valence-electron chi connectivity index (χ1n) is 10.9. The largest absolute Gasteiger partial charge is 0.433 e. The Morgan fingerprint density at radius 2 is 1.59 bits per heavy atom. The standard InChI is InChI=1S/C21H30F3N7O2.ClH/c1-20(2,3)18-26-15(21(22,23)24)13-16(27-18)30-11-9-29(10-12-30)7-5-6-8-31-19(33)28(4)17(32)14-25-31;/h13-14H,5-12H2,1-4H3;1H. The van der Waals surface area contributed by atoms with Crippen LogP contribution in [-0.2, 0) is 25.2 Å². The van der Waals surface area contributed by atoms with Gasteiger partial charge in [0.25, 0.3) is 5.56 Å². The van der Waals surface area contributed by atoms with E-state index in [0.29, 0.717) is 38.5 Å². The fraction of sp³-hybridized carbons (Fsp3) is 0.667. The molecule has 9 nitrogen and oxygen atoms in total. The van der Waals surface area contributed by atoms with Gasteiger partial charge in [-0.3, -0.25) is 14.3 Å². The molecule has 0 aromatic carbocycles. The van der Waals surface area contributed by atoms with Gasteiger partial charge in [0.1, 0.15) is 23.5 Å². The average Bonchev–Trinajstić information content (AvgIpc) is 2.75. The number of aryl methyl sites for hydroxylation is 1. The molecule has 0 unspecified atom stereocenters. The van der Waals surface area contributed by atoms with Crippen molar-refractivity contribution in [3.63, 3.8) is 0 Å². The first kappa shape index (κ1) is 27.8. The van der Waals surface area contributed by atoms with E-state index < -0.39 is 28.5 Å². The van der Waals surface area contributed by atoms with Gasteiger partial charge in [0.15, 0.2) is 0 Å². The maximum absolute atomic E-state index is 13.4. The van der Waals surface area contributed by atoms with Crippen LogP contribution in [0.2, 0.25) is 0 Å². The van der Waals surface area contributed by atoms with E-state index in [1.54, 1.807) is 20.8 Å². The third kappa shape index (κ3) is 6.78. The number of anilines is 1. The first-order valence-corrected chi connectivity index (χ1v) is 10.9. The fourth-order valence-electron chi connectivity index (χ4n) is 3.55. The lowest BCUT2D eigenvalue weighted by Crippen LogP contribution is -2.47. The van der Waals surface area contributed by atoms with Crippen molar-refractivity contribution in [3.8, 4) is 0 Å². The first-order chi connectivity index (χ1) is 15.4. The molecule has 34 heavy (non-hydrogen) atoms. The van der Waals surface area contributed by atoms with Crippen LogP contribution in [0, 0.1) is 0 Å². The Morgan fingerprint density at radius 3 is 2.18 bits per heavy atom. The maximum atomic E-state index is 13.4. The van der Waals surface area contributed by atoms with Crippen LogP contribution in [0.1, 0.15) is 45.1 Å². The van der Waals surface area contributed by atoms with Gasteiger partial charge < -0.3 is 4.90 Å². The lowest BCUT2D eigenvalue weighted by Gasteiger charge is -2.36. The Labute approximate surface area is 202 Å². The molecule has 3 heterocycles. The van der Waals surface area contributed by atoms with Crippen LogP contribution in [-0.4, -0.2) is 61.9 Å². The Hall–Kier alpha value is -2.47. The molecule has 2 aromatic rings. The predicted molar refractivity (Wildman–Crippen MR) is 125 cm³/mol. The zero-order valence-corrected chi connectivity index (χ0v) is 20.6. The van der Waals surface area contributed by atoms with Crippen LogP contribution >= 0.6 is 12.4 Å². The van der Waals surface area contributed by atoms with Crippen molar-refractivity contribution in [1.82, 2.24) is 29.2 Å². The van der Waals surface area contributed by atoms with E-state index in [4.69, 9.17) is 0 Å². The summed E-state index contributed by atoms with van der Waals surface area (Å²) in [5, 5.41) is 3.87. The second-order valence-corrected chi connectivity index (χ2v) is 9.27. The summed E-state index contributed by atoms with van der Waals surface area (Å²) in [5.41, 5.74) is -2.38. The van der Waals surface area contributed by atoms with Crippen molar-refractivity contribution in [2.75, 3.05) is 37.6 Å². The topological polar surface area (TPSA) is 89.2 Å². The fourth-order valence-corrected chi connectivity index (χ4v) is 3.55. The highest BCUT2D eigenvalue weighted by molar-refractivity contribution is 5.85. The van der Waals surface area contributed by atoms with Crippen molar-refractivity contribution >= 4 is 18.2 Å². The highest BCUT2D eigenvalue weighted by Crippen LogP contribution is 2.32. The summed E-state index contributed by atoms with van der Waals surface area (Å²) >= 11 is 0. The number of alkyl halides is 3. The van der Waals surface area contributed by atoms with Crippen molar-refractivity contribution in [2.45, 2.75) is 51.7 Å². The molecule has 0 spiro atoms. The molecule has 3 rings (SSSR count). The molecular weight excluding hydrogens is 475 g/mol. The van der Waals surface area contributed by atoms with E-state index >= 15 is 0 Å². The van der Waals surface area contributed by atoms with Gasteiger partial charge in [-0.15, -0.1) is 12.4 Å². The molecule has 1 fully saturated rings. The van der Waals surface area contributed by atoms with Crippen LogP contribution < -0.4 is 16.1 Å². The maximum Gasteiger partial charge on any atom is 0.433 e. The van der Waals surface area contributed by atoms with E-state index in [2.05, 4.69) is 20.0 Å². The van der Waals surface area contributed by atoms with Crippen LogP contribution in [0.5, 0.6) is 0 Å². The highest BCUT2D eigenvalue weighted by atomic mass is 35.5. The molecule has 1 aliphatic heterocycles. The zero-order valence-electron chi connectivity index (χ0n) is 19.8. The van der Waals surface area contributed by atoms with Gasteiger partial charge in [-0.05, 0) is 19.4 Å². The number of nitrogens with zero attached hydrogens (tertiary/aromatic N) is 7. The molecule has 1 aliphatic rings. The van der Waals surface area contributed by atoms with Crippen LogP contribution in [0.3, 0.4) is 0 Å². The number of unbranched alkanes of at least 4 members (excludes halogenated alkanes) is 1. The normalized spacial score (nSPS) is 15.3. The number of piperazine rings is 1. The van der Waals surface area contributed by atoms with Gasteiger partial charge in [0, 0.05) is 51.3 Å². The van der Waals surface area contributed by atoms with E-state index in [9.17, 15) is 22.8 Å². The van der Waals surface area contributed by atoms with Gasteiger partial charge in [0.2, 0.25) is 0 Å². The predicted octanol–water partition coefficient (Wildman–Crippen LogP) is 2.07. The third-order valence-electron chi connectivity index (χ3n) is 5.61. The van der Waals surface area contributed by atoms with E-state index in [0.717, 1.165) is 36.2 Å². The Kier molecular flexibility index (Phi) is 8.86. The summed E-state index contributed by atoms with van der Waals surface area (Å²) < 4.78 is 42.4. The van der Waals surface area contributed by atoms with Crippen molar-refractivity contribution in [2.24, 2.45) is 7.05 Å². The van der Waals surface area contributed by atoms with Gasteiger partial charge in [-0.25, -0.2) is 19.4 Å². The molecule has 0 N–H and O–H groups in total. The van der Waals surface area contributed by atoms with Gasteiger partial charge in [-0.1, -0.05) is 20.8 Å². The van der Waals surface area contributed by atoms with Crippen molar-refractivity contribution in [3.05, 3.63) is 44.6 Å². The number of rotatable bonds is 6. The summed E-state index contributed by atoms with van der Waals surface area (Å²) in [7, 11) is 1.42. The minimum Gasteiger partial charge on any atom is -0.354 e. The summed E-state index contributed by atoms with van der Waals surface area (Å²) in [6.45, 7) is 9.15. The van der Waals surface area contributed by atoms with Gasteiger partial charge in [-0.2, -0.15) is 18.3 Å². The van der Waals surface area contributed by atoms with Gasteiger partial charge >= 0.3 is 11.9 Å². The minimum atomic E-state index is -4.53. The zero-order chi connectivity index (χ0) is 24.4.